The predicted molar refractivity (Wildman–Crippen MR) is 63.8 cm³/mol. The maximum atomic E-state index is 13.3. The van der Waals surface area contributed by atoms with Gasteiger partial charge in [0.1, 0.15) is 11.6 Å². The van der Waals surface area contributed by atoms with E-state index in [0.717, 1.165) is 10.4 Å². The topological polar surface area (TPSA) is 47.0 Å². The van der Waals surface area contributed by atoms with Gasteiger partial charge >= 0.3 is 0 Å². The lowest BCUT2D eigenvalue weighted by atomic mass is 10.0. The molecule has 0 amide bonds. The average Bonchev–Trinajstić information content (AvgIpc) is 2.84. The molecule has 0 fully saturated rings. The molecule has 1 N–H and O–H groups in total. The van der Waals surface area contributed by atoms with Crippen LogP contribution >= 0.6 is 11.5 Å². The minimum absolute atomic E-state index is 0.166. The molecular weight excluding hydrogens is 241 g/mol. The third kappa shape index (κ3) is 2.42. The van der Waals surface area contributed by atoms with Gasteiger partial charge in [0.2, 0.25) is 0 Å². The van der Waals surface area contributed by atoms with Crippen molar-refractivity contribution < 1.29 is 9.13 Å². The van der Waals surface area contributed by atoms with Crippen LogP contribution in [0.15, 0.2) is 24.4 Å². The second-order valence-electron chi connectivity index (χ2n) is 3.43. The highest BCUT2D eigenvalue weighted by Gasteiger charge is 2.19. The molecule has 2 aromatic rings. The zero-order valence-electron chi connectivity index (χ0n) is 9.48. The van der Waals surface area contributed by atoms with Gasteiger partial charge in [0.25, 0.3) is 0 Å². The van der Waals surface area contributed by atoms with E-state index in [9.17, 15) is 4.39 Å². The molecule has 2 rings (SSSR count). The van der Waals surface area contributed by atoms with Crippen LogP contribution in [0.2, 0.25) is 0 Å². The summed E-state index contributed by atoms with van der Waals surface area (Å²) < 4.78 is 22.4. The lowest BCUT2D eigenvalue weighted by molar-refractivity contribution is 0.404. The second kappa shape index (κ2) is 5.20. The van der Waals surface area contributed by atoms with Crippen molar-refractivity contribution in [2.75, 3.05) is 14.2 Å². The first-order valence-electron chi connectivity index (χ1n) is 5.04. The fraction of sp³-hybridized carbons (Fsp3) is 0.273. The average molecular weight is 253 g/mol. The summed E-state index contributed by atoms with van der Waals surface area (Å²) in [5.74, 6) is 0.345. The van der Waals surface area contributed by atoms with E-state index in [2.05, 4.69) is 14.9 Å². The molecule has 1 aromatic carbocycles. The lowest BCUT2D eigenvalue weighted by Crippen LogP contribution is -2.17. The normalized spacial score (nSPS) is 12.4. The summed E-state index contributed by atoms with van der Waals surface area (Å²) in [6.07, 6.45) is 1.66. The maximum absolute atomic E-state index is 13.3. The van der Waals surface area contributed by atoms with E-state index >= 15 is 0 Å². The highest BCUT2D eigenvalue weighted by molar-refractivity contribution is 7.05. The van der Waals surface area contributed by atoms with Gasteiger partial charge in [-0.15, -0.1) is 5.10 Å². The Morgan fingerprint density at radius 3 is 2.88 bits per heavy atom. The molecule has 1 unspecified atom stereocenters. The molecule has 0 aliphatic carbocycles. The zero-order valence-corrected chi connectivity index (χ0v) is 10.3. The predicted octanol–water partition coefficient (Wildman–Crippen LogP) is 1.99. The Bertz CT molecular complexity index is 489. The minimum Gasteiger partial charge on any atom is -0.496 e. The second-order valence-corrected chi connectivity index (χ2v) is 4.25. The summed E-state index contributed by atoms with van der Waals surface area (Å²) in [7, 11) is 3.36. The maximum Gasteiger partial charge on any atom is 0.124 e. The molecule has 0 aliphatic rings. The lowest BCUT2D eigenvalue weighted by Gasteiger charge is -2.17. The molecule has 0 bridgehead atoms. The largest absolute Gasteiger partial charge is 0.496 e. The van der Waals surface area contributed by atoms with Crippen LogP contribution < -0.4 is 10.1 Å². The molecule has 4 nitrogen and oxygen atoms in total. The number of hydrogen-bond acceptors (Lipinski definition) is 5. The van der Waals surface area contributed by atoms with Gasteiger partial charge in [0.05, 0.1) is 24.2 Å². The van der Waals surface area contributed by atoms with Crippen molar-refractivity contribution in [1.29, 1.82) is 0 Å². The molecule has 1 atom stereocenters. The molecule has 0 spiro atoms. The number of rotatable bonds is 4. The van der Waals surface area contributed by atoms with E-state index in [-0.39, 0.29) is 11.9 Å². The van der Waals surface area contributed by atoms with Crippen molar-refractivity contribution in [3.05, 3.63) is 40.7 Å². The molecule has 0 radical (unpaired) electrons. The summed E-state index contributed by atoms with van der Waals surface area (Å²) in [5.41, 5.74) is 0.737. The molecule has 1 aromatic heterocycles. The molecule has 90 valence electrons. The summed E-state index contributed by atoms with van der Waals surface area (Å²) in [6, 6.07) is 4.28. The van der Waals surface area contributed by atoms with Crippen LogP contribution in [-0.4, -0.2) is 23.7 Å². The van der Waals surface area contributed by atoms with Crippen LogP contribution in [-0.2, 0) is 0 Å². The molecule has 1 heterocycles. The Morgan fingerprint density at radius 1 is 1.47 bits per heavy atom. The van der Waals surface area contributed by atoms with Crippen LogP contribution in [0.3, 0.4) is 0 Å². The van der Waals surface area contributed by atoms with Gasteiger partial charge < -0.3 is 10.1 Å². The zero-order chi connectivity index (χ0) is 12.3. The number of nitrogens with one attached hydrogen (secondary N) is 1. The van der Waals surface area contributed by atoms with Crippen molar-refractivity contribution in [3.8, 4) is 5.75 Å². The summed E-state index contributed by atoms with van der Waals surface area (Å²) in [4.78, 5) is 0.913. The SMILES string of the molecule is CNC(c1cnns1)c1cc(F)ccc1OC. The minimum atomic E-state index is -0.293. The van der Waals surface area contributed by atoms with Crippen LogP contribution in [0.25, 0.3) is 0 Å². The van der Waals surface area contributed by atoms with E-state index in [1.807, 2.05) is 0 Å². The first-order valence-corrected chi connectivity index (χ1v) is 5.81. The smallest absolute Gasteiger partial charge is 0.124 e. The molecule has 6 heteroatoms. The van der Waals surface area contributed by atoms with E-state index in [1.54, 1.807) is 26.4 Å². The highest BCUT2D eigenvalue weighted by atomic mass is 32.1. The quantitative estimate of drug-likeness (QED) is 0.905. The Balaban J connectivity index is 2.46. The van der Waals surface area contributed by atoms with Gasteiger partial charge in [0.15, 0.2) is 0 Å². The fourth-order valence-corrected chi connectivity index (χ4v) is 2.32. The molecule has 0 aliphatic heterocycles. The third-order valence-electron chi connectivity index (χ3n) is 2.45. The van der Waals surface area contributed by atoms with Gasteiger partial charge in [-0.1, -0.05) is 4.49 Å². The number of ether oxygens (including phenoxy) is 1. The van der Waals surface area contributed by atoms with Crippen LogP contribution in [0, 0.1) is 5.82 Å². The summed E-state index contributed by atoms with van der Waals surface area (Å²) >= 11 is 1.27. The van der Waals surface area contributed by atoms with E-state index in [1.165, 1.54) is 23.7 Å². The van der Waals surface area contributed by atoms with Crippen LogP contribution in [0.5, 0.6) is 5.75 Å². The number of aromatic nitrogens is 2. The third-order valence-corrected chi connectivity index (χ3v) is 3.18. The van der Waals surface area contributed by atoms with Gasteiger partial charge in [-0.25, -0.2) is 4.39 Å². The number of nitrogens with zero attached hydrogens (tertiary/aromatic N) is 2. The molecular formula is C11H12FN3OS. The molecule has 17 heavy (non-hydrogen) atoms. The van der Waals surface area contributed by atoms with Gasteiger partial charge in [-0.05, 0) is 36.8 Å². The van der Waals surface area contributed by atoms with Crippen molar-refractivity contribution >= 4 is 11.5 Å². The Morgan fingerprint density at radius 2 is 2.29 bits per heavy atom. The van der Waals surface area contributed by atoms with Crippen molar-refractivity contribution in [3.63, 3.8) is 0 Å². The number of methoxy groups -OCH3 is 1. The van der Waals surface area contributed by atoms with Gasteiger partial charge in [-0.2, -0.15) is 0 Å². The Kier molecular flexibility index (Phi) is 3.65. The van der Waals surface area contributed by atoms with E-state index in [4.69, 9.17) is 4.74 Å². The molecule has 0 saturated heterocycles. The van der Waals surface area contributed by atoms with Gasteiger partial charge in [0, 0.05) is 5.56 Å². The highest BCUT2D eigenvalue weighted by Crippen LogP contribution is 2.31. The Hall–Kier alpha value is -1.53. The van der Waals surface area contributed by atoms with Gasteiger partial charge in [-0.3, -0.25) is 0 Å². The van der Waals surface area contributed by atoms with E-state index < -0.39 is 0 Å². The molecule has 0 saturated carbocycles. The summed E-state index contributed by atoms with van der Waals surface area (Å²) in [5, 5.41) is 6.89. The van der Waals surface area contributed by atoms with Crippen LogP contribution in [0.4, 0.5) is 4.39 Å². The van der Waals surface area contributed by atoms with Crippen LogP contribution in [0.1, 0.15) is 16.5 Å². The summed E-state index contributed by atoms with van der Waals surface area (Å²) in [6.45, 7) is 0. The standard InChI is InChI=1S/C11H12FN3OS/c1-13-11(10-6-14-15-17-10)8-5-7(12)3-4-9(8)16-2/h3-6,11,13H,1-2H3. The Labute approximate surface area is 103 Å². The van der Waals surface area contributed by atoms with Crippen molar-refractivity contribution in [2.24, 2.45) is 0 Å². The monoisotopic (exact) mass is 253 g/mol. The van der Waals surface area contributed by atoms with Crippen molar-refractivity contribution in [2.45, 2.75) is 6.04 Å². The van der Waals surface area contributed by atoms with E-state index in [0.29, 0.717) is 5.75 Å². The first-order chi connectivity index (χ1) is 8.26. The fourth-order valence-electron chi connectivity index (χ4n) is 1.68. The van der Waals surface area contributed by atoms with Crippen molar-refractivity contribution in [1.82, 2.24) is 14.9 Å². The number of halogens is 1. The number of hydrogen-bond donors (Lipinski definition) is 1. The number of benzene rings is 1. The first kappa shape index (κ1) is 11.9.